The molecule has 144 valence electrons. The Morgan fingerprint density at radius 3 is 2.83 bits per heavy atom. The summed E-state index contributed by atoms with van der Waals surface area (Å²) in [7, 11) is 2.01. The van der Waals surface area contributed by atoms with Gasteiger partial charge < -0.3 is 14.6 Å². The fourth-order valence-electron chi connectivity index (χ4n) is 4.98. The normalized spacial score (nSPS) is 22.5. The molecule has 6 rings (SSSR count). The van der Waals surface area contributed by atoms with E-state index in [1.807, 2.05) is 43.4 Å². The molecule has 3 aromatic heterocycles. The molecule has 29 heavy (non-hydrogen) atoms. The van der Waals surface area contributed by atoms with Crippen LogP contribution < -0.4 is 15.8 Å². The summed E-state index contributed by atoms with van der Waals surface area (Å²) in [5, 5.41) is 3.65. The van der Waals surface area contributed by atoms with Crippen molar-refractivity contribution in [3.05, 3.63) is 94.3 Å². The van der Waals surface area contributed by atoms with Gasteiger partial charge in [0, 0.05) is 31.4 Å². The second kappa shape index (κ2) is 5.98. The Balaban J connectivity index is 1.62. The first-order chi connectivity index (χ1) is 14.2. The van der Waals surface area contributed by atoms with Gasteiger partial charge >= 0.3 is 0 Å². The van der Waals surface area contributed by atoms with Crippen LogP contribution in [0.25, 0.3) is 5.65 Å². The second-order valence-corrected chi connectivity index (χ2v) is 7.83. The third kappa shape index (κ3) is 2.29. The Hall–Kier alpha value is -3.54. The van der Waals surface area contributed by atoms with Crippen LogP contribution >= 0.6 is 0 Å². The van der Waals surface area contributed by atoms with Gasteiger partial charge in [0.1, 0.15) is 17.2 Å². The number of anilines is 2. The fraction of sp³-hybridized carbons (Fsp3) is 0.217. The van der Waals surface area contributed by atoms with Crippen molar-refractivity contribution < 1.29 is 4.42 Å². The Kier molecular flexibility index (Phi) is 3.38. The molecule has 1 aromatic carbocycles. The number of hydrogen-bond donors (Lipinski definition) is 1. The summed E-state index contributed by atoms with van der Waals surface area (Å²) in [6.45, 7) is 0.778. The zero-order valence-electron chi connectivity index (χ0n) is 15.9. The van der Waals surface area contributed by atoms with E-state index < -0.39 is 0 Å². The molecule has 0 radical (unpaired) electrons. The van der Waals surface area contributed by atoms with Crippen molar-refractivity contribution in [3.8, 4) is 0 Å². The molecule has 1 N–H and O–H groups in total. The van der Waals surface area contributed by atoms with Crippen LogP contribution in [0.2, 0.25) is 0 Å². The molecule has 0 saturated heterocycles. The molecule has 3 atom stereocenters. The first kappa shape index (κ1) is 16.4. The Morgan fingerprint density at radius 2 is 1.97 bits per heavy atom. The van der Waals surface area contributed by atoms with Gasteiger partial charge in [-0.25, -0.2) is 4.98 Å². The van der Waals surface area contributed by atoms with Gasteiger partial charge in [-0.3, -0.25) is 9.20 Å². The number of nitrogens with one attached hydrogen (secondary N) is 1. The van der Waals surface area contributed by atoms with E-state index >= 15 is 0 Å². The molecule has 2 aliphatic rings. The summed E-state index contributed by atoms with van der Waals surface area (Å²) in [5.41, 5.74) is 3.62. The highest BCUT2D eigenvalue weighted by molar-refractivity contribution is 5.65. The average Bonchev–Trinajstić information content (AvgIpc) is 3.27. The maximum absolute atomic E-state index is 13.5. The summed E-state index contributed by atoms with van der Waals surface area (Å²) >= 11 is 0. The molecule has 0 aliphatic carbocycles. The topological polar surface area (TPSA) is 62.8 Å². The molecule has 0 saturated carbocycles. The number of nitrogens with zero attached hydrogens (tertiary/aromatic N) is 3. The van der Waals surface area contributed by atoms with Gasteiger partial charge in [0.25, 0.3) is 5.56 Å². The average molecular weight is 384 g/mol. The Morgan fingerprint density at radius 1 is 1.10 bits per heavy atom. The monoisotopic (exact) mass is 384 g/mol. The number of hydrogen-bond acceptors (Lipinski definition) is 5. The third-order valence-electron chi connectivity index (χ3n) is 6.22. The minimum atomic E-state index is -0.136. The minimum Gasteiger partial charge on any atom is -0.469 e. The lowest BCUT2D eigenvalue weighted by molar-refractivity contribution is 0.336. The summed E-state index contributed by atoms with van der Waals surface area (Å²) in [5.74, 6) is 1.90. The Labute approximate surface area is 167 Å². The summed E-state index contributed by atoms with van der Waals surface area (Å²) in [4.78, 5) is 20.4. The second-order valence-electron chi connectivity index (χ2n) is 7.83. The molecule has 4 aromatic rings. The van der Waals surface area contributed by atoms with E-state index in [4.69, 9.17) is 9.40 Å². The molecule has 0 unspecified atom stereocenters. The maximum Gasteiger partial charge on any atom is 0.265 e. The molecule has 0 fully saturated rings. The van der Waals surface area contributed by atoms with Gasteiger partial charge in [-0.2, -0.15) is 0 Å². The van der Waals surface area contributed by atoms with Gasteiger partial charge in [0.15, 0.2) is 0 Å². The minimum absolute atomic E-state index is 0.0165. The van der Waals surface area contributed by atoms with Crippen molar-refractivity contribution in [3.63, 3.8) is 0 Å². The highest BCUT2D eigenvalue weighted by Crippen LogP contribution is 2.50. The van der Waals surface area contributed by atoms with Crippen molar-refractivity contribution in [2.45, 2.75) is 12.0 Å². The highest BCUT2D eigenvalue weighted by Gasteiger charge is 2.45. The summed E-state index contributed by atoms with van der Waals surface area (Å²) < 4.78 is 7.50. The number of aromatic nitrogens is 2. The number of para-hydroxylation sites is 1. The molecule has 6 heteroatoms. The molecular weight excluding hydrogens is 364 g/mol. The molecule has 0 bridgehead atoms. The first-order valence-corrected chi connectivity index (χ1v) is 9.83. The predicted molar refractivity (Wildman–Crippen MR) is 112 cm³/mol. The van der Waals surface area contributed by atoms with Gasteiger partial charge in [0.05, 0.1) is 23.8 Å². The van der Waals surface area contributed by atoms with Crippen LogP contribution in [0.5, 0.6) is 0 Å². The third-order valence-corrected chi connectivity index (χ3v) is 6.22. The smallest absolute Gasteiger partial charge is 0.265 e. The van der Waals surface area contributed by atoms with Crippen molar-refractivity contribution in [1.29, 1.82) is 0 Å². The predicted octanol–water partition coefficient (Wildman–Crippen LogP) is 3.65. The molecule has 5 heterocycles. The van der Waals surface area contributed by atoms with E-state index in [2.05, 4.69) is 28.4 Å². The molecule has 2 aliphatic heterocycles. The van der Waals surface area contributed by atoms with E-state index in [0.29, 0.717) is 5.65 Å². The number of fused-ring (bicyclic) bond motifs is 5. The zero-order chi connectivity index (χ0) is 19.5. The van der Waals surface area contributed by atoms with Crippen LogP contribution in [0.1, 0.15) is 28.8 Å². The molecular formula is C23H20N4O2. The number of rotatable bonds is 1. The van der Waals surface area contributed by atoms with Crippen molar-refractivity contribution in [2.75, 3.05) is 23.8 Å². The first-order valence-electron chi connectivity index (χ1n) is 9.83. The lowest BCUT2D eigenvalue weighted by Gasteiger charge is -2.45. The Bertz CT molecular complexity index is 1280. The quantitative estimate of drug-likeness (QED) is 0.543. The van der Waals surface area contributed by atoms with Gasteiger partial charge in [-0.1, -0.05) is 24.3 Å². The standard InChI is InChI=1S/C23H20N4O2/c1-26-13-15-19(17-9-6-12-29-17)14-7-2-3-8-16(14)24-21(15)20-22(26)25-18-10-4-5-11-27(18)23(20)28/h2-12,15,19,21,24H,13H2,1H3/t15-,19+,21-/m0/s1. The van der Waals surface area contributed by atoms with E-state index in [0.717, 1.165) is 29.4 Å². The van der Waals surface area contributed by atoms with Crippen molar-refractivity contribution in [2.24, 2.45) is 5.92 Å². The maximum atomic E-state index is 13.5. The van der Waals surface area contributed by atoms with Crippen molar-refractivity contribution >= 4 is 17.2 Å². The SMILES string of the molecule is CN1C[C@H]2[C@H](c3ccco3)c3ccccc3N[C@@H]2c2c1nc1ccccn1c2=O. The lowest BCUT2D eigenvalue weighted by Crippen LogP contribution is -2.47. The molecule has 0 spiro atoms. The van der Waals surface area contributed by atoms with Crippen LogP contribution in [0.15, 0.2) is 76.3 Å². The van der Waals surface area contributed by atoms with Gasteiger partial charge in [-0.05, 0) is 35.9 Å². The van der Waals surface area contributed by atoms with Crippen molar-refractivity contribution in [1.82, 2.24) is 9.38 Å². The van der Waals surface area contributed by atoms with Crippen LogP contribution in [0, 0.1) is 5.92 Å². The number of furan rings is 1. The largest absolute Gasteiger partial charge is 0.469 e. The van der Waals surface area contributed by atoms with E-state index in [1.165, 1.54) is 5.56 Å². The van der Waals surface area contributed by atoms with Crippen LogP contribution in [-0.2, 0) is 0 Å². The van der Waals surface area contributed by atoms with Crippen LogP contribution in [-0.4, -0.2) is 23.0 Å². The lowest BCUT2D eigenvalue weighted by atomic mass is 9.72. The van der Waals surface area contributed by atoms with Crippen LogP contribution in [0.3, 0.4) is 0 Å². The zero-order valence-corrected chi connectivity index (χ0v) is 15.9. The van der Waals surface area contributed by atoms with E-state index in [1.54, 1.807) is 16.9 Å². The van der Waals surface area contributed by atoms with E-state index in [-0.39, 0.29) is 23.4 Å². The number of benzene rings is 1. The van der Waals surface area contributed by atoms with E-state index in [9.17, 15) is 4.79 Å². The van der Waals surface area contributed by atoms with Crippen LogP contribution in [0.4, 0.5) is 11.5 Å². The molecule has 6 nitrogen and oxygen atoms in total. The summed E-state index contributed by atoms with van der Waals surface area (Å²) in [6, 6.07) is 17.8. The highest BCUT2D eigenvalue weighted by atomic mass is 16.3. The van der Waals surface area contributed by atoms with Gasteiger partial charge in [0.2, 0.25) is 0 Å². The summed E-state index contributed by atoms with van der Waals surface area (Å²) in [6.07, 6.45) is 3.51. The molecule has 0 amide bonds. The van der Waals surface area contributed by atoms with Gasteiger partial charge in [-0.15, -0.1) is 0 Å². The number of pyridine rings is 1. The fourth-order valence-corrected chi connectivity index (χ4v) is 4.98.